The minimum atomic E-state index is -4.29. The van der Waals surface area contributed by atoms with Crippen molar-refractivity contribution >= 4 is 18.3 Å². The zero-order valence-corrected chi connectivity index (χ0v) is 12.6. The maximum atomic E-state index is 11.9. The molecule has 1 rings (SSSR count). The van der Waals surface area contributed by atoms with Crippen molar-refractivity contribution in [2.45, 2.75) is 19.0 Å². The molecule has 3 N–H and O–H groups in total. The van der Waals surface area contributed by atoms with Crippen molar-refractivity contribution < 1.29 is 22.7 Å². The summed E-state index contributed by atoms with van der Waals surface area (Å²) in [7, 11) is 0. The largest absolute Gasteiger partial charge is 0.411 e. The predicted octanol–water partition coefficient (Wildman–Crippen LogP) is 0.774. The van der Waals surface area contributed by atoms with Crippen LogP contribution in [0, 0.1) is 5.92 Å². The molecule has 21 heavy (non-hydrogen) atoms. The molecule has 1 unspecified atom stereocenters. The number of nitrogens with one attached hydrogen (secondary N) is 1. The first-order valence-electron chi connectivity index (χ1n) is 6.77. The molecule has 9 heteroatoms. The average Bonchev–Trinajstić information content (AvgIpc) is 2.40. The highest BCUT2D eigenvalue weighted by Crippen LogP contribution is 2.17. The zero-order chi connectivity index (χ0) is 15.0. The van der Waals surface area contributed by atoms with Gasteiger partial charge in [0.2, 0.25) is 5.91 Å². The van der Waals surface area contributed by atoms with Crippen molar-refractivity contribution in [1.82, 2.24) is 10.2 Å². The van der Waals surface area contributed by atoms with E-state index in [0.717, 1.165) is 19.4 Å². The number of likely N-dealkylation sites (tertiary alicyclic amines) is 1. The molecule has 0 radical (unpaired) electrons. The van der Waals surface area contributed by atoms with E-state index in [1.807, 2.05) is 4.90 Å². The maximum absolute atomic E-state index is 11.9. The molecule has 126 valence electrons. The second-order valence-electron chi connectivity index (χ2n) is 4.89. The van der Waals surface area contributed by atoms with Crippen LogP contribution < -0.4 is 11.1 Å². The average molecular weight is 334 g/mol. The molecule has 5 nitrogen and oxygen atoms in total. The maximum Gasteiger partial charge on any atom is 0.411 e. The minimum Gasteiger partial charge on any atom is -0.371 e. The fraction of sp³-hybridized carbons (Fsp3) is 0.917. The number of halogens is 4. The van der Waals surface area contributed by atoms with Gasteiger partial charge in [-0.2, -0.15) is 13.2 Å². The molecule has 0 aliphatic carbocycles. The number of carbonyl (C=O) groups excluding carboxylic acids is 1. The monoisotopic (exact) mass is 333 g/mol. The van der Waals surface area contributed by atoms with Gasteiger partial charge in [0.1, 0.15) is 6.61 Å². The Morgan fingerprint density at radius 2 is 2.14 bits per heavy atom. The summed E-state index contributed by atoms with van der Waals surface area (Å²) in [6.07, 6.45) is -2.62. The number of alkyl halides is 3. The molecule has 0 spiro atoms. The van der Waals surface area contributed by atoms with Crippen molar-refractivity contribution in [3.63, 3.8) is 0 Å². The third-order valence-corrected chi connectivity index (χ3v) is 3.14. The zero-order valence-electron chi connectivity index (χ0n) is 11.8. The lowest BCUT2D eigenvalue weighted by atomic mass is 9.97. The third-order valence-electron chi connectivity index (χ3n) is 3.14. The van der Waals surface area contributed by atoms with Gasteiger partial charge in [-0.15, -0.1) is 12.4 Å². The van der Waals surface area contributed by atoms with Crippen LogP contribution in [0.15, 0.2) is 0 Å². The van der Waals surface area contributed by atoms with Crippen molar-refractivity contribution in [2.24, 2.45) is 11.7 Å². The van der Waals surface area contributed by atoms with Gasteiger partial charge >= 0.3 is 6.18 Å². The molecule has 0 aromatic heterocycles. The van der Waals surface area contributed by atoms with Crippen LogP contribution in [-0.4, -0.2) is 62.9 Å². The summed E-state index contributed by atoms with van der Waals surface area (Å²) in [6, 6.07) is 0. The Kier molecular flexibility index (Phi) is 9.93. The molecule has 1 aliphatic heterocycles. The van der Waals surface area contributed by atoms with Crippen LogP contribution in [0.4, 0.5) is 13.2 Å². The standard InChI is InChI=1S/C12H22F3N3O2.ClH/c13-12(14,15)9-20-7-6-18-5-1-2-10(8-18)11(19)17-4-3-16;/h10H,1-9,16H2,(H,17,19);1H. The van der Waals surface area contributed by atoms with E-state index in [0.29, 0.717) is 26.2 Å². The smallest absolute Gasteiger partial charge is 0.371 e. The van der Waals surface area contributed by atoms with Crippen molar-refractivity contribution in [3.8, 4) is 0 Å². The molecule has 1 aliphatic rings. The van der Waals surface area contributed by atoms with Gasteiger partial charge in [0.15, 0.2) is 0 Å². The summed E-state index contributed by atoms with van der Waals surface area (Å²) in [4.78, 5) is 13.8. The van der Waals surface area contributed by atoms with Crippen LogP contribution in [0.3, 0.4) is 0 Å². The molecular formula is C12H23ClF3N3O2. The van der Waals surface area contributed by atoms with Crippen LogP contribution in [-0.2, 0) is 9.53 Å². The molecule has 1 atom stereocenters. The van der Waals surface area contributed by atoms with Gasteiger partial charge in [-0.1, -0.05) is 0 Å². The fourth-order valence-electron chi connectivity index (χ4n) is 2.19. The highest BCUT2D eigenvalue weighted by Gasteiger charge is 2.28. The summed E-state index contributed by atoms with van der Waals surface area (Å²) in [5.41, 5.74) is 5.32. The van der Waals surface area contributed by atoms with Gasteiger partial charge in [0.05, 0.1) is 12.5 Å². The van der Waals surface area contributed by atoms with Gasteiger partial charge in [0.25, 0.3) is 0 Å². The number of hydrogen-bond acceptors (Lipinski definition) is 4. The summed E-state index contributed by atoms with van der Waals surface area (Å²) < 4.78 is 40.3. The number of hydrogen-bond donors (Lipinski definition) is 2. The number of piperidine rings is 1. The Bertz CT molecular complexity index is 306. The Morgan fingerprint density at radius 3 is 2.76 bits per heavy atom. The second-order valence-corrected chi connectivity index (χ2v) is 4.89. The summed E-state index contributed by atoms with van der Waals surface area (Å²) in [5.74, 6) is -0.144. The number of nitrogens with two attached hydrogens (primary N) is 1. The number of rotatable bonds is 7. The SMILES string of the molecule is Cl.NCCNC(=O)C1CCCN(CCOCC(F)(F)F)C1. The topological polar surface area (TPSA) is 67.6 Å². The van der Waals surface area contributed by atoms with Gasteiger partial charge in [-0.3, -0.25) is 4.79 Å². The van der Waals surface area contributed by atoms with E-state index in [4.69, 9.17) is 5.73 Å². The van der Waals surface area contributed by atoms with E-state index in [2.05, 4.69) is 10.1 Å². The van der Waals surface area contributed by atoms with Crippen LogP contribution in [0.1, 0.15) is 12.8 Å². The number of nitrogens with zero attached hydrogens (tertiary/aromatic N) is 1. The molecule has 1 saturated heterocycles. The Labute approximate surface area is 128 Å². The molecular weight excluding hydrogens is 311 g/mol. The van der Waals surface area contributed by atoms with E-state index in [-0.39, 0.29) is 30.8 Å². The van der Waals surface area contributed by atoms with Crippen LogP contribution >= 0.6 is 12.4 Å². The molecule has 1 heterocycles. The van der Waals surface area contributed by atoms with Gasteiger partial charge in [-0.05, 0) is 19.4 Å². The first-order valence-corrected chi connectivity index (χ1v) is 6.77. The first kappa shape index (κ1) is 20.4. The van der Waals surface area contributed by atoms with E-state index in [9.17, 15) is 18.0 Å². The lowest BCUT2D eigenvalue weighted by Gasteiger charge is -2.31. The van der Waals surface area contributed by atoms with E-state index in [1.165, 1.54) is 0 Å². The van der Waals surface area contributed by atoms with Crippen molar-refractivity contribution in [1.29, 1.82) is 0 Å². The van der Waals surface area contributed by atoms with Gasteiger partial charge < -0.3 is 20.7 Å². The van der Waals surface area contributed by atoms with Crippen LogP contribution in [0.25, 0.3) is 0 Å². The van der Waals surface area contributed by atoms with Crippen LogP contribution in [0.2, 0.25) is 0 Å². The summed E-state index contributed by atoms with van der Waals surface area (Å²) in [5, 5.41) is 2.74. The minimum absolute atomic E-state index is 0. The highest BCUT2D eigenvalue weighted by molar-refractivity contribution is 5.85. The quantitative estimate of drug-likeness (QED) is 0.676. The van der Waals surface area contributed by atoms with Gasteiger partial charge in [-0.25, -0.2) is 0 Å². The number of amides is 1. The molecule has 1 amide bonds. The molecule has 0 aromatic carbocycles. The van der Waals surface area contributed by atoms with E-state index in [1.54, 1.807) is 0 Å². The normalized spacial score (nSPS) is 19.9. The third kappa shape index (κ3) is 9.13. The van der Waals surface area contributed by atoms with E-state index < -0.39 is 12.8 Å². The van der Waals surface area contributed by atoms with Crippen molar-refractivity contribution in [2.75, 3.05) is 45.9 Å². The lowest BCUT2D eigenvalue weighted by Crippen LogP contribution is -2.45. The number of ether oxygens (including phenoxy) is 1. The number of carbonyl (C=O) groups is 1. The Morgan fingerprint density at radius 1 is 1.43 bits per heavy atom. The molecule has 0 aromatic rings. The fourth-order valence-corrected chi connectivity index (χ4v) is 2.19. The molecule has 1 fully saturated rings. The first-order chi connectivity index (χ1) is 9.42. The predicted molar refractivity (Wildman–Crippen MR) is 75.4 cm³/mol. The second kappa shape index (κ2) is 10.2. The summed E-state index contributed by atoms with van der Waals surface area (Å²) >= 11 is 0. The lowest BCUT2D eigenvalue weighted by molar-refractivity contribution is -0.174. The Hall–Kier alpha value is -0.570. The Balaban J connectivity index is 0.00000400. The van der Waals surface area contributed by atoms with Crippen molar-refractivity contribution in [3.05, 3.63) is 0 Å². The van der Waals surface area contributed by atoms with E-state index >= 15 is 0 Å². The van der Waals surface area contributed by atoms with Crippen LogP contribution in [0.5, 0.6) is 0 Å². The van der Waals surface area contributed by atoms with Gasteiger partial charge in [0, 0.05) is 26.2 Å². The molecule has 0 bridgehead atoms. The highest BCUT2D eigenvalue weighted by atomic mass is 35.5. The summed E-state index contributed by atoms with van der Waals surface area (Å²) in [6.45, 7) is 1.41. The molecule has 0 saturated carbocycles.